The van der Waals surface area contributed by atoms with Gasteiger partial charge in [-0.1, -0.05) is 74.0 Å². The van der Waals surface area contributed by atoms with Crippen LogP contribution >= 0.6 is 0 Å². The highest BCUT2D eigenvalue weighted by Gasteiger charge is 2.29. The van der Waals surface area contributed by atoms with Crippen LogP contribution in [0.5, 0.6) is 0 Å². The second-order valence-electron chi connectivity index (χ2n) is 6.54. The number of carbonyl (C=O) groups excluding carboxylic acids is 1. The maximum Gasteiger partial charge on any atom is 0.223 e. The van der Waals surface area contributed by atoms with Crippen molar-refractivity contribution in [2.45, 2.75) is 46.1 Å². The number of benzene rings is 2. The van der Waals surface area contributed by atoms with E-state index in [1.807, 2.05) is 6.07 Å². The summed E-state index contributed by atoms with van der Waals surface area (Å²) in [4.78, 5) is 11.3. The summed E-state index contributed by atoms with van der Waals surface area (Å²) in [6.45, 7) is 7.13. The van der Waals surface area contributed by atoms with Crippen LogP contribution in [0.3, 0.4) is 0 Å². The summed E-state index contributed by atoms with van der Waals surface area (Å²) in [5, 5.41) is 2.94. The minimum absolute atomic E-state index is 0.213. The van der Waals surface area contributed by atoms with Gasteiger partial charge in [-0.15, -0.1) is 0 Å². The molecule has 0 aromatic heterocycles. The van der Waals surface area contributed by atoms with Crippen molar-refractivity contribution in [3.8, 4) is 0 Å². The molecule has 2 aromatic rings. The van der Waals surface area contributed by atoms with Crippen LogP contribution < -0.4 is 5.32 Å². The van der Waals surface area contributed by atoms with Gasteiger partial charge in [0, 0.05) is 12.5 Å². The summed E-state index contributed by atoms with van der Waals surface area (Å²) < 4.78 is 0. The van der Waals surface area contributed by atoms with E-state index in [0.717, 1.165) is 12.8 Å². The molecule has 1 aliphatic carbocycles. The average molecular weight is 309 g/mol. The Hall–Kier alpha value is -2.09. The first-order chi connectivity index (χ1) is 11.1. The maximum absolute atomic E-state index is 11.3. The molecule has 23 heavy (non-hydrogen) atoms. The van der Waals surface area contributed by atoms with Gasteiger partial charge in [-0.2, -0.15) is 0 Å². The highest BCUT2D eigenvalue weighted by molar-refractivity contribution is 5.80. The zero-order chi connectivity index (χ0) is 16.7. The molecule has 0 atom stereocenters. The van der Waals surface area contributed by atoms with Crippen molar-refractivity contribution in [2.75, 3.05) is 0 Å². The van der Waals surface area contributed by atoms with E-state index in [9.17, 15) is 4.79 Å². The summed E-state index contributed by atoms with van der Waals surface area (Å²) in [6, 6.07) is 18.8. The molecule has 1 amide bonds. The van der Waals surface area contributed by atoms with Crippen molar-refractivity contribution < 1.29 is 4.79 Å². The fourth-order valence-corrected chi connectivity index (χ4v) is 2.22. The topological polar surface area (TPSA) is 29.1 Å². The van der Waals surface area contributed by atoms with Gasteiger partial charge in [0.2, 0.25) is 5.91 Å². The van der Waals surface area contributed by atoms with Gasteiger partial charge in [0.05, 0.1) is 0 Å². The van der Waals surface area contributed by atoms with Gasteiger partial charge in [0.1, 0.15) is 0 Å². The van der Waals surface area contributed by atoms with E-state index in [1.165, 1.54) is 16.7 Å². The Morgan fingerprint density at radius 3 is 2.13 bits per heavy atom. The molecule has 1 saturated carbocycles. The van der Waals surface area contributed by atoms with Gasteiger partial charge in [-0.05, 0) is 36.8 Å². The Kier molecular flexibility index (Phi) is 6.40. The second-order valence-corrected chi connectivity index (χ2v) is 6.54. The molecule has 0 bridgehead atoms. The molecule has 1 aliphatic rings. The largest absolute Gasteiger partial charge is 0.352 e. The third-order valence-corrected chi connectivity index (χ3v) is 4.00. The van der Waals surface area contributed by atoms with Crippen molar-refractivity contribution in [3.63, 3.8) is 0 Å². The Morgan fingerprint density at radius 1 is 1.04 bits per heavy atom. The van der Waals surface area contributed by atoms with Crippen molar-refractivity contribution in [3.05, 3.63) is 71.3 Å². The molecule has 0 aliphatic heterocycles. The molecule has 2 aromatic carbocycles. The first-order valence-corrected chi connectivity index (χ1v) is 8.44. The minimum Gasteiger partial charge on any atom is -0.352 e. The van der Waals surface area contributed by atoms with E-state index in [2.05, 4.69) is 74.6 Å². The number of rotatable bonds is 4. The quantitative estimate of drug-likeness (QED) is 0.861. The molecule has 0 heterocycles. The van der Waals surface area contributed by atoms with E-state index in [4.69, 9.17) is 0 Å². The standard InChI is InChI=1S/C12H15NO.C9H12/c1-9-2-4-10(5-3-9)8-13-12(14)11-6-7-11;1-8(2)9-6-4-3-5-7-9/h2-5,11H,6-8H2,1H3,(H,13,14);3-8H,1-2H3. The zero-order valence-electron chi connectivity index (χ0n) is 14.4. The minimum atomic E-state index is 0.213. The SMILES string of the molecule is CC(C)c1ccccc1.Cc1ccc(CNC(=O)C2CC2)cc1. The molecule has 2 heteroatoms. The average Bonchev–Trinajstić information content (AvgIpc) is 3.40. The molecule has 2 nitrogen and oxygen atoms in total. The number of hydrogen-bond donors (Lipinski definition) is 1. The zero-order valence-corrected chi connectivity index (χ0v) is 14.4. The first kappa shape index (κ1) is 17.3. The van der Waals surface area contributed by atoms with Crippen molar-refractivity contribution in [1.82, 2.24) is 5.32 Å². The van der Waals surface area contributed by atoms with Crippen LogP contribution in [-0.2, 0) is 11.3 Å². The molecule has 1 fully saturated rings. The second kappa shape index (κ2) is 8.52. The van der Waals surface area contributed by atoms with Crippen molar-refractivity contribution in [1.29, 1.82) is 0 Å². The highest BCUT2D eigenvalue weighted by Crippen LogP contribution is 2.28. The van der Waals surface area contributed by atoms with E-state index < -0.39 is 0 Å². The van der Waals surface area contributed by atoms with Crippen LogP contribution in [0.25, 0.3) is 0 Å². The highest BCUT2D eigenvalue weighted by atomic mass is 16.2. The predicted octanol–water partition coefficient (Wildman–Crippen LogP) is 4.83. The number of carbonyl (C=O) groups is 1. The number of amides is 1. The number of hydrogen-bond acceptors (Lipinski definition) is 1. The lowest BCUT2D eigenvalue weighted by atomic mass is 10.0. The van der Waals surface area contributed by atoms with Gasteiger partial charge in [0.15, 0.2) is 0 Å². The third-order valence-electron chi connectivity index (χ3n) is 4.00. The summed E-state index contributed by atoms with van der Waals surface area (Å²) in [5.74, 6) is 1.18. The van der Waals surface area contributed by atoms with Crippen LogP contribution in [0.1, 0.15) is 49.3 Å². The van der Waals surface area contributed by atoms with Crippen LogP contribution in [0.15, 0.2) is 54.6 Å². The smallest absolute Gasteiger partial charge is 0.223 e. The molecule has 0 spiro atoms. The fraction of sp³-hybridized carbons (Fsp3) is 0.381. The van der Waals surface area contributed by atoms with Gasteiger partial charge in [-0.3, -0.25) is 4.79 Å². The normalized spacial score (nSPS) is 13.2. The van der Waals surface area contributed by atoms with Crippen LogP contribution in [0.4, 0.5) is 0 Å². The van der Waals surface area contributed by atoms with E-state index in [0.29, 0.717) is 18.4 Å². The van der Waals surface area contributed by atoms with Crippen LogP contribution in [0, 0.1) is 12.8 Å². The fourth-order valence-electron chi connectivity index (χ4n) is 2.22. The third kappa shape index (κ3) is 6.27. The molecule has 0 radical (unpaired) electrons. The molecule has 1 N–H and O–H groups in total. The molecule has 122 valence electrons. The van der Waals surface area contributed by atoms with Crippen LogP contribution in [0.2, 0.25) is 0 Å². The Labute approximate surface area is 139 Å². The Morgan fingerprint density at radius 2 is 1.65 bits per heavy atom. The summed E-state index contributed by atoms with van der Waals surface area (Å²) >= 11 is 0. The Bertz CT molecular complexity index is 597. The molecular weight excluding hydrogens is 282 g/mol. The van der Waals surface area contributed by atoms with E-state index >= 15 is 0 Å². The van der Waals surface area contributed by atoms with Crippen molar-refractivity contribution in [2.24, 2.45) is 5.92 Å². The monoisotopic (exact) mass is 309 g/mol. The lowest BCUT2D eigenvalue weighted by molar-refractivity contribution is -0.122. The molecule has 0 unspecified atom stereocenters. The maximum atomic E-state index is 11.3. The summed E-state index contributed by atoms with van der Waals surface area (Å²) in [7, 11) is 0. The number of nitrogens with one attached hydrogen (secondary N) is 1. The van der Waals surface area contributed by atoms with Gasteiger partial charge >= 0.3 is 0 Å². The van der Waals surface area contributed by atoms with Gasteiger partial charge < -0.3 is 5.32 Å². The Balaban J connectivity index is 0.000000185. The lowest BCUT2D eigenvalue weighted by Crippen LogP contribution is -2.24. The van der Waals surface area contributed by atoms with Crippen molar-refractivity contribution >= 4 is 5.91 Å². The lowest BCUT2D eigenvalue weighted by Gasteiger charge is -2.04. The molecule has 0 saturated heterocycles. The van der Waals surface area contributed by atoms with Crippen LogP contribution in [-0.4, -0.2) is 5.91 Å². The first-order valence-electron chi connectivity index (χ1n) is 8.44. The predicted molar refractivity (Wildman–Crippen MR) is 96.3 cm³/mol. The van der Waals surface area contributed by atoms with Gasteiger partial charge in [0.25, 0.3) is 0 Å². The van der Waals surface area contributed by atoms with E-state index in [-0.39, 0.29) is 5.91 Å². The summed E-state index contributed by atoms with van der Waals surface area (Å²) in [5.41, 5.74) is 3.84. The molecule has 3 rings (SSSR count). The molecular formula is C21H27NO. The van der Waals surface area contributed by atoms with Gasteiger partial charge in [-0.25, -0.2) is 0 Å². The number of aryl methyl sites for hydroxylation is 1. The summed E-state index contributed by atoms with van der Waals surface area (Å²) in [6.07, 6.45) is 2.14. The van der Waals surface area contributed by atoms with E-state index in [1.54, 1.807) is 0 Å².